The number of methoxy groups -OCH3 is 1. The van der Waals surface area contributed by atoms with Gasteiger partial charge < -0.3 is 10.1 Å². The van der Waals surface area contributed by atoms with Gasteiger partial charge in [0.05, 0.1) is 24.5 Å². The number of benzene rings is 4. The van der Waals surface area contributed by atoms with Crippen LogP contribution < -0.4 is 10.1 Å². The highest BCUT2D eigenvalue weighted by Crippen LogP contribution is 2.27. The van der Waals surface area contributed by atoms with Gasteiger partial charge >= 0.3 is 0 Å². The van der Waals surface area contributed by atoms with Crippen LogP contribution in [-0.2, 0) is 0 Å². The van der Waals surface area contributed by atoms with Crippen molar-refractivity contribution < 1.29 is 9.53 Å². The van der Waals surface area contributed by atoms with Gasteiger partial charge in [-0.25, -0.2) is 0 Å². The monoisotopic (exact) mass is 447 g/mol. The van der Waals surface area contributed by atoms with Gasteiger partial charge in [0, 0.05) is 11.1 Å². The van der Waals surface area contributed by atoms with Gasteiger partial charge in [-0.2, -0.15) is 5.10 Å². The Kier molecular flexibility index (Phi) is 5.83. The Morgan fingerprint density at radius 3 is 2.47 bits per heavy atom. The summed E-state index contributed by atoms with van der Waals surface area (Å²) in [5.74, 6) is 0.684. The van der Waals surface area contributed by atoms with Gasteiger partial charge in [0.1, 0.15) is 5.75 Å². The Morgan fingerprint density at radius 1 is 0.882 bits per heavy atom. The number of fused-ring (bicyclic) bond motifs is 1. The van der Waals surface area contributed by atoms with Crippen LogP contribution in [0.2, 0.25) is 0 Å². The third kappa shape index (κ3) is 4.28. The van der Waals surface area contributed by atoms with Crippen molar-refractivity contribution in [1.82, 2.24) is 15.5 Å². The molecule has 0 aliphatic rings. The first-order chi connectivity index (χ1) is 16.6. The Morgan fingerprint density at radius 2 is 1.65 bits per heavy atom. The highest BCUT2D eigenvalue weighted by molar-refractivity contribution is 5.95. The minimum absolute atomic E-state index is 0.103. The predicted molar refractivity (Wildman–Crippen MR) is 136 cm³/mol. The van der Waals surface area contributed by atoms with Crippen molar-refractivity contribution in [2.75, 3.05) is 7.11 Å². The van der Waals surface area contributed by atoms with E-state index in [2.05, 4.69) is 39.8 Å². The number of aromatic nitrogens is 2. The van der Waals surface area contributed by atoms with Crippen molar-refractivity contribution in [1.29, 1.82) is 0 Å². The van der Waals surface area contributed by atoms with E-state index < -0.39 is 0 Å². The maximum absolute atomic E-state index is 12.9. The standard InChI is InChI=1S/C29H25N3O2/c1-19(25-12-6-8-20-7-3-4-11-26(20)25)30-29(33)22-15-13-21(14-16-22)27-18-28(32-31-27)23-9-5-10-24(17-23)34-2/h3-19H,1-2H3,(H,30,33)(H,31,32). The summed E-state index contributed by atoms with van der Waals surface area (Å²) in [6.45, 7) is 2.01. The average Bonchev–Trinajstić information content (AvgIpc) is 3.39. The minimum Gasteiger partial charge on any atom is -0.497 e. The Bertz CT molecular complexity index is 1450. The molecule has 4 aromatic carbocycles. The van der Waals surface area contributed by atoms with E-state index in [-0.39, 0.29) is 11.9 Å². The molecule has 1 heterocycles. The van der Waals surface area contributed by atoms with Crippen LogP contribution in [0.3, 0.4) is 0 Å². The number of amides is 1. The lowest BCUT2D eigenvalue weighted by Crippen LogP contribution is -2.26. The smallest absolute Gasteiger partial charge is 0.251 e. The maximum Gasteiger partial charge on any atom is 0.251 e. The number of rotatable bonds is 6. The van der Waals surface area contributed by atoms with Crippen molar-refractivity contribution in [3.8, 4) is 28.3 Å². The summed E-state index contributed by atoms with van der Waals surface area (Å²) in [5.41, 5.74) is 5.36. The normalized spacial score (nSPS) is 11.8. The first kappa shape index (κ1) is 21.5. The largest absolute Gasteiger partial charge is 0.497 e. The van der Waals surface area contributed by atoms with Gasteiger partial charge in [-0.15, -0.1) is 0 Å². The maximum atomic E-state index is 12.9. The van der Waals surface area contributed by atoms with Crippen LogP contribution in [0.15, 0.2) is 97.1 Å². The molecular formula is C29H25N3O2. The van der Waals surface area contributed by atoms with Crippen LogP contribution in [0.1, 0.15) is 28.9 Å². The molecule has 0 saturated heterocycles. The summed E-state index contributed by atoms with van der Waals surface area (Å²) in [4.78, 5) is 12.9. The zero-order valence-electron chi connectivity index (χ0n) is 19.1. The van der Waals surface area contributed by atoms with Crippen molar-refractivity contribution in [3.63, 3.8) is 0 Å². The van der Waals surface area contributed by atoms with E-state index in [1.165, 1.54) is 5.39 Å². The average molecular weight is 448 g/mol. The van der Waals surface area contributed by atoms with E-state index in [1.54, 1.807) is 7.11 Å². The van der Waals surface area contributed by atoms with Gasteiger partial charge in [-0.3, -0.25) is 9.89 Å². The number of carbonyl (C=O) groups excluding carboxylic acids is 1. The van der Waals surface area contributed by atoms with Crippen LogP contribution >= 0.6 is 0 Å². The molecule has 5 rings (SSSR count). The molecule has 0 radical (unpaired) electrons. The Hall–Kier alpha value is -4.38. The number of nitrogens with one attached hydrogen (secondary N) is 2. The molecule has 34 heavy (non-hydrogen) atoms. The predicted octanol–water partition coefficient (Wildman–Crippen LogP) is 6.40. The number of hydrogen-bond donors (Lipinski definition) is 2. The number of ether oxygens (including phenoxy) is 1. The van der Waals surface area contributed by atoms with Crippen molar-refractivity contribution >= 4 is 16.7 Å². The van der Waals surface area contributed by atoms with Crippen LogP contribution in [-0.4, -0.2) is 23.2 Å². The summed E-state index contributed by atoms with van der Waals surface area (Å²) in [6.07, 6.45) is 0. The first-order valence-corrected chi connectivity index (χ1v) is 11.2. The molecule has 0 aliphatic carbocycles. The molecule has 5 nitrogen and oxygen atoms in total. The number of H-pyrrole nitrogens is 1. The van der Waals surface area contributed by atoms with E-state index in [0.717, 1.165) is 39.2 Å². The molecule has 168 valence electrons. The second kappa shape index (κ2) is 9.24. The molecule has 0 spiro atoms. The van der Waals surface area contributed by atoms with Gasteiger partial charge in [-0.1, -0.05) is 66.7 Å². The lowest BCUT2D eigenvalue weighted by atomic mass is 9.99. The van der Waals surface area contributed by atoms with Gasteiger partial charge in [0.15, 0.2) is 0 Å². The third-order valence-electron chi connectivity index (χ3n) is 6.04. The molecule has 0 aliphatic heterocycles. The van der Waals surface area contributed by atoms with E-state index in [4.69, 9.17) is 4.74 Å². The SMILES string of the molecule is COc1cccc(-c2cc(-c3ccc(C(=O)NC(C)c4cccc5ccccc45)cc3)[nH]n2)c1. The van der Waals surface area contributed by atoms with E-state index in [9.17, 15) is 4.79 Å². The number of nitrogens with zero attached hydrogens (tertiary/aromatic N) is 1. The van der Waals surface area contributed by atoms with Crippen molar-refractivity contribution in [2.24, 2.45) is 0 Å². The molecule has 0 bridgehead atoms. The fourth-order valence-electron chi connectivity index (χ4n) is 4.19. The fourth-order valence-corrected chi connectivity index (χ4v) is 4.19. The second-order valence-electron chi connectivity index (χ2n) is 8.24. The van der Waals surface area contributed by atoms with Crippen LogP contribution in [0, 0.1) is 0 Å². The summed E-state index contributed by atoms with van der Waals surface area (Å²) < 4.78 is 5.30. The highest BCUT2D eigenvalue weighted by atomic mass is 16.5. The molecule has 0 fully saturated rings. The summed E-state index contributed by atoms with van der Waals surface area (Å²) in [7, 11) is 1.65. The second-order valence-corrected chi connectivity index (χ2v) is 8.24. The topological polar surface area (TPSA) is 67.0 Å². The molecule has 1 atom stereocenters. The van der Waals surface area contributed by atoms with Crippen molar-refractivity contribution in [3.05, 3.63) is 108 Å². The van der Waals surface area contributed by atoms with Crippen molar-refractivity contribution in [2.45, 2.75) is 13.0 Å². The summed E-state index contributed by atoms with van der Waals surface area (Å²) >= 11 is 0. The van der Waals surface area contributed by atoms with Gasteiger partial charge in [0.2, 0.25) is 0 Å². The summed E-state index contributed by atoms with van der Waals surface area (Å²) in [5, 5.41) is 13.0. The van der Waals surface area contributed by atoms with Crippen LogP contribution in [0.25, 0.3) is 33.3 Å². The highest BCUT2D eigenvalue weighted by Gasteiger charge is 2.14. The molecule has 5 aromatic rings. The molecule has 1 unspecified atom stereocenters. The van der Waals surface area contributed by atoms with Crippen LogP contribution in [0.5, 0.6) is 5.75 Å². The molecule has 1 aromatic heterocycles. The minimum atomic E-state index is -0.115. The zero-order chi connectivity index (χ0) is 23.5. The van der Waals surface area contributed by atoms with E-state index in [0.29, 0.717) is 5.56 Å². The number of carbonyl (C=O) groups is 1. The summed E-state index contributed by atoms with van der Waals surface area (Å²) in [6, 6.07) is 31.6. The molecule has 1 amide bonds. The zero-order valence-corrected chi connectivity index (χ0v) is 19.1. The molecule has 2 N–H and O–H groups in total. The lowest BCUT2D eigenvalue weighted by Gasteiger charge is -2.17. The molecule has 0 saturated carbocycles. The number of aromatic amines is 1. The van der Waals surface area contributed by atoms with E-state index >= 15 is 0 Å². The Labute approximate surface area is 198 Å². The fraction of sp³-hybridized carbons (Fsp3) is 0.103. The molecular weight excluding hydrogens is 422 g/mol. The van der Waals surface area contributed by atoms with E-state index in [1.807, 2.05) is 79.7 Å². The third-order valence-corrected chi connectivity index (χ3v) is 6.04. The quantitative estimate of drug-likeness (QED) is 0.317. The Balaban J connectivity index is 1.31. The number of hydrogen-bond acceptors (Lipinski definition) is 3. The van der Waals surface area contributed by atoms with Gasteiger partial charge in [0.25, 0.3) is 5.91 Å². The lowest BCUT2D eigenvalue weighted by molar-refractivity contribution is 0.0940. The van der Waals surface area contributed by atoms with Gasteiger partial charge in [-0.05, 0) is 59.2 Å². The van der Waals surface area contributed by atoms with Crippen LogP contribution in [0.4, 0.5) is 0 Å². The first-order valence-electron chi connectivity index (χ1n) is 11.2. The molecule has 5 heteroatoms.